The number of hydrogen-bond acceptors (Lipinski definition) is 5. The first-order valence-corrected chi connectivity index (χ1v) is 9.84. The van der Waals surface area contributed by atoms with Crippen molar-refractivity contribution in [2.24, 2.45) is 7.05 Å². The van der Waals surface area contributed by atoms with Crippen molar-refractivity contribution in [2.75, 3.05) is 17.6 Å². The van der Waals surface area contributed by atoms with Gasteiger partial charge in [0, 0.05) is 18.8 Å². The molecule has 0 bridgehead atoms. The summed E-state index contributed by atoms with van der Waals surface area (Å²) < 4.78 is 47.5. The number of nitrogens with one attached hydrogen (secondary N) is 2. The van der Waals surface area contributed by atoms with Crippen LogP contribution in [0.5, 0.6) is 5.75 Å². The Morgan fingerprint density at radius 2 is 2.04 bits per heavy atom. The number of aromatic amines is 1. The minimum atomic E-state index is -3.63. The number of rotatable bonds is 6. The Kier molecular flexibility index (Phi) is 4.92. The molecule has 3 rings (SSSR count). The van der Waals surface area contributed by atoms with E-state index in [0.717, 1.165) is 0 Å². The number of benzene rings is 1. The maximum absolute atomic E-state index is 14.5. The van der Waals surface area contributed by atoms with Crippen LogP contribution in [-0.4, -0.2) is 35.8 Å². The zero-order valence-electron chi connectivity index (χ0n) is 15.0. The topological polar surface area (TPSA) is 106 Å². The van der Waals surface area contributed by atoms with Gasteiger partial charge in [-0.15, -0.1) is 0 Å². The molecule has 3 aromatic rings. The molecule has 0 saturated heterocycles. The van der Waals surface area contributed by atoms with Gasteiger partial charge in [0.25, 0.3) is 0 Å². The van der Waals surface area contributed by atoms with Crippen molar-refractivity contribution in [2.45, 2.75) is 13.3 Å². The van der Waals surface area contributed by atoms with Crippen molar-refractivity contribution in [1.29, 1.82) is 0 Å². The molecule has 0 fully saturated rings. The average Bonchev–Trinajstić information content (AvgIpc) is 2.88. The molecule has 0 amide bonds. The molecular formula is C17H19FN4O4S. The Hall–Kier alpha value is -2.88. The molecule has 0 aliphatic heterocycles. The van der Waals surface area contributed by atoms with Crippen molar-refractivity contribution < 1.29 is 17.5 Å². The van der Waals surface area contributed by atoms with E-state index in [2.05, 4.69) is 14.7 Å². The van der Waals surface area contributed by atoms with Crippen LogP contribution in [0.15, 0.2) is 29.2 Å². The predicted molar refractivity (Wildman–Crippen MR) is 101 cm³/mol. The summed E-state index contributed by atoms with van der Waals surface area (Å²) in [4.78, 5) is 18.5. The fourth-order valence-corrected chi connectivity index (χ4v) is 3.91. The first-order chi connectivity index (χ1) is 12.8. The molecule has 0 radical (unpaired) electrons. The number of halogens is 1. The smallest absolute Gasteiger partial charge is 0.327 e. The summed E-state index contributed by atoms with van der Waals surface area (Å²) in [6.45, 7) is 1.73. The number of pyridine rings is 1. The van der Waals surface area contributed by atoms with E-state index in [-0.39, 0.29) is 22.9 Å². The Labute approximate surface area is 155 Å². The average molecular weight is 394 g/mol. The molecule has 1 aromatic carbocycles. The lowest BCUT2D eigenvalue weighted by atomic mass is 10.1. The van der Waals surface area contributed by atoms with Crippen LogP contribution in [-0.2, 0) is 17.1 Å². The van der Waals surface area contributed by atoms with E-state index in [4.69, 9.17) is 4.74 Å². The van der Waals surface area contributed by atoms with Gasteiger partial charge in [0.2, 0.25) is 10.0 Å². The lowest BCUT2D eigenvalue weighted by Crippen LogP contribution is -2.17. The number of hydrogen-bond donors (Lipinski definition) is 2. The first kappa shape index (κ1) is 18.9. The Morgan fingerprint density at radius 3 is 2.70 bits per heavy atom. The molecule has 2 aromatic heterocycles. The van der Waals surface area contributed by atoms with Crippen molar-refractivity contribution in [1.82, 2.24) is 14.5 Å². The van der Waals surface area contributed by atoms with Crippen LogP contribution in [0.2, 0.25) is 0 Å². The van der Waals surface area contributed by atoms with Gasteiger partial charge in [-0.1, -0.05) is 6.92 Å². The van der Waals surface area contributed by atoms with E-state index in [1.165, 1.54) is 30.0 Å². The second-order valence-corrected chi connectivity index (χ2v) is 7.88. The molecule has 0 spiro atoms. The number of fused-ring (bicyclic) bond motifs is 1. The molecule has 2 heterocycles. The molecule has 27 heavy (non-hydrogen) atoms. The number of aromatic nitrogens is 3. The van der Waals surface area contributed by atoms with Crippen LogP contribution in [0, 0.1) is 5.82 Å². The molecule has 10 heteroatoms. The molecule has 8 nitrogen and oxygen atoms in total. The van der Waals surface area contributed by atoms with Gasteiger partial charge in [-0.3, -0.25) is 14.3 Å². The number of nitrogens with zero attached hydrogens (tertiary/aromatic N) is 2. The lowest BCUT2D eigenvalue weighted by Gasteiger charge is -2.14. The number of aryl methyl sites for hydroxylation is 1. The van der Waals surface area contributed by atoms with Gasteiger partial charge in [0.1, 0.15) is 0 Å². The third-order valence-corrected chi connectivity index (χ3v) is 5.55. The third-order valence-electron chi connectivity index (χ3n) is 4.08. The highest BCUT2D eigenvalue weighted by atomic mass is 32.2. The fraction of sp³-hybridized carbons (Fsp3) is 0.294. The predicted octanol–water partition coefficient (Wildman–Crippen LogP) is 2.23. The van der Waals surface area contributed by atoms with E-state index < -0.39 is 15.8 Å². The summed E-state index contributed by atoms with van der Waals surface area (Å²) in [5.41, 5.74) is 1.55. The zero-order valence-corrected chi connectivity index (χ0v) is 15.9. The number of ether oxygens (including phenoxy) is 1. The summed E-state index contributed by atoms with van der Waals surface area (Å²) in [5, 5.41) is 0. The summed E-state index contributed by atoms with van der Waals surface area (Å²) in [7, 11) is -0.782. The molecule has 2 N–H and O–H groups in total. The SMILES string of the molecule is CCCS(=O)(=O)Nc1cc(-c2cnc3[nH]c(=O)n(C)c3c2)cc(F)c1OC. The minimum Gasteiger partial charge on any atom is -0.492 e. The summed E-state index contributed by atoms with van der Waals surface area (Å²) in [6, 6.07) is 4.37. The van der Waals surface area contributed by atoms with Crippen LogP contribution < -0.4 is 15.1 Å². The maximum Gasteiger partial charge on any atom is 0.327 e. The first-order valence-electron chi connectivity index (χ1n) is 8.19. The van der Waals surface area contributed by atoms with Crippen LogP contribution in [0.25, 0.3) is 22.3 Å². The van der Waals surface area contributed by atoms with Crippen LogP contribution in [0.1, 0.15) is 13.3 Å². The Balaban J connectivity index is 2.14. The van der Waals surface area contributed by atoms with Gasteiger partial charge in [0.05, 0.1) is 24.1 Å². The van der Waals surface area contributed by atoms with Crippen LogP contribution >= 0.6 is 0 Å². The van der Waals surface area contributed by atoms with Gasteiger partial charge in [0.15, 0.2) is 17.2 Å². The van der Waals surface area contributed by atoms with Crippen molar-refractivity contribution >= 4 is 26.9 Å². The molecule has 144 valence electrons. The molecule has 0 aliphatic rings. The maximum atomic E-state index is 14.5. The molecule has 0 atom stereocenters. The van der Waals surface area contributed by atoms with E-state index in [1.807, 2.05) is 0 Å². The second kappa shape index (κ2) is 7.03. The Bertz CT molecular complexity index is 1170. The second-order valence-electron chi connectivity index (χ2n) is 6.04. The highest BCUT2D eigenvalue weighted by Crippen LogP contribution is 2.34. The highest BCUT2D eigenvalue weighted by molar-refractivity contribution is 7.92. The summed E-state index contributed by atoms with van der Waals surface area (Å²) in [6.07, 6.45) is 1.89. The van der Waals surface area contributed by atoms with Gasteiger partial charge >= 0.3 is 5.69 Å². The van der Waals surface area contributed by atoms with E-state index in [1.54, 1.807) is 20.0 Å². The number of methoxy groups -OCH3 is 1. The van der Waals surface area contributed by atoms with Crippen molar-refractivity contribution in [3.05, 3.63) is 40.7 Å². The van der Waals surface area contributed by atoms with Gasteiger partial charge in [-0.2, -0.15) is 0 Å². The lowest BCUT2D eigenvalue weighted by molar-refractivity contribution is 0.389. The highest BCUT2D eigenvalue weighted by Gasteiger charge is 2.18. The standard InChI is InChI=1S/C17H19FN4O4S/c1-4-5-27(24,25)21-13-7-10(6-12(18)15(13)26-3)11-8-14-16(19-9-11)20-17(23)22(14)2/h6-9,21H,4-5H2,1-3H3,(H,19,20,23). The molecule has 0 saturated carbocycles. The summed E-state index contributed by atoms with van der Waals surface area (Å²) >= 11 is 0. The van der Waals surface area contributed by atoms with Gasteiger partial charge in [-0.05, 0) is 30.2 Å². The third kappa shape index (κ3) is 3.65. The number of H-pyrrole nitrogens is 1. The number of anilines is 1. The fourth-order valence-electron chi connectivity index (χ4n) is 2.79. The normalized spacial score (nSPS) is 11.7. The van der Waals surface area contributed by atoms with Gasteiger partial charge < -0.3 is 4.74 Å². The summed E-state index contributed by atoms with van der Waals surface area (Å²) in [5.74, 6) is -1.00. The number of imidazole rings is 1. The monoisotopic (exact) mass is 394 g/mol. The van der Waals surface area contributed by atoms with Crippen LogP contribution in [0.3, 0.4) is 0 Å². The van der Waals surface area contributed by atoms with E-state index in [9.17, 15) is 17.6 Å². The zero-order chi connectivity index (χ0) is 19.8. The quantitative estimate of drug-likeness (QED) is 0.667. The Morgan fingerprint density at radius 1 is 1.30 bits per heavy atom. The van der Waals surface area contributed by atoms with E-state index >= 15 is 0 Å². The van der Waals surface area contributed by atoms with Gasteiger partial charge in [-0.25, -0.2) is 22.6 Å². The van der Waals surface area contributed by atoms with Crippen LogP contribution in [0.4, 0.5) is 10.1 Å². The molecular weight excluding hydrogens is 375 g/mol. The van der Waals surface area contributed by atoms with Crippen molar-refractivity contribution in [3.63, 3.8) is 0 Å². The molecule has 0 unspecified atom stereocenters. The van der Waals surface area contributed by atoms with Crippen molar-refractivity contribution in [3.8, 4) is 16.9 Å². The number of sulfonamides is 1. The van der Waals surface area contributed by atoms with E-state index in [0.29, 0.717) is 28.7 Å². The minimum absolute atomic E-state index is 0.00371. The largest absolute Gasteiger partial charge is 0.492 e. The molecule has 0 aliphatic carbocycles.